The van der Waals surface area contributed by atoms with Gasteiger partial charge in [-0.25, -0.2) is 9.97 Å². The number of carbonyl (C=O) groups excluding carboxylic acids is 1. The molecule has 2 atom stereocenters. The SMILES string of the molecule is COc1ncc(CN2C[C@@H](c3cccc(C)n3)[C@@]3(CCCCC(=O)N3)C2)cn1. The van der Waals surface area contributed by atoms with Crippen LogP contribution in [0.1, 0.15) is 48.6 Å². The van der Waals surface area contributed by atoms with Gasteiger partial charge in [0.1, 0.15) is 0 Å². The van der Waals surface area contributed by atoms with Gasteiger partial charge in [0.25, 0.3) is 0 Å². The quantitative estimate of drug-likeness (QED) is 0.875. The van der Waals surface area contributed by atoms with Crippen LogP contribution in [0.15, 0.2) is 30.6 Å². The number of rotatable bonds is 4. The fourth-order valence-electron chi connectivity index (χ4n) is 4.56. The van der Waals surface area contributed by atoms with Crippen LogP contribution in [0.4, 0.5) is 0 Å². The molecule has 0 bridgehead atoms. The van der Waals surface area contributed by atoms with Crippen molar-refractivity contribution in [2.45, 2.75) is 50.6 Å². The highest BCUT2D eigenvalue weighted by Crippen LogP contribution is 2.40. The van der Waals surface area contributed by atoms with E-state index in [0.29, 0.717) is 12.4 Å². The van der Waals surface area contributed by atoms with Crippen LogP contribution in [0.25, 0.3) is 0 Å². The predicted molar refractivity (Wildman–Crippen MR) is 105 cm³/mol. The fourth-order valence-corrected chi connectivity index (χ4v) is 4.56. The molecule has 4 heterocycles. The number of hydrogen-bond acceptors (Lipinski definition) is 6. The van der Waals surface area contributed by atoms with Gasteiger partial charge >= 0.3 is 6.01 Å². The second kappa shape index (κ2) is 7.83. The third-order valence-electron chi connectivity index (χ3n) is 5.82. The first-order valence-corrected chi connectivity index (χ1v) is 9.90. The van der Waals surface area contributed by atoms with Crippen molar-refractivity contribution in [1.82, 2.24) is 25.2 Å². The molecule has 0 aromatic carbocycles. The number of aromatic nitrogens is 3. The molecule has 0 saturated carbocycles. The maximum atomic E-state index is 12.4. The molecule has 4 rings (SSSR count). The van der Waals surface area contributed by atoms with Gasteiger partial charge in [0, 0.05) is 61.3 Å². The molecule has 7 heteroatoms. The minimum absolute atomic E-state index is 0.157. The molecule has 2 aliphatic heterocycles. The van der Waals surface area contributed by atoms with Crippen molar-refractivity contribution in [3.05, 3.63) is 47.5 Å². The van der Waals surface area contributed by atoms with Crippen molar-refractivity contribution < 1.29 is 9.53 Å². The number of aryl methyl sites for hydroxylation is 1. The van der Waals surface area contributed by atoms with E-state index in [9.17, 15) is 4.79 Å². The molecule has 2 aromatic heterocycles. The average molecular weight is 381 g/mol. The largest absolute Gasteiger partial charge is 0.467 e. The summed E-state index contributed by atoms with van der Waals surface area (Å²) >= 11 is 0. The van der Waals surface area contributed by atoms with E-state index in [1.54, 1.807) is 7.11 Å². The first-order chi connectivity index (χ1) is 13.6. The second-order valence-corrected chi connectivity index (χ2v) is 7.92. The van der Waals surface area contributed by atoms with Gasteiger partial charge in [-0.15, -0.1) is 0 Å². The van der Waals surface area contributed by atoms with Gasteiger partial charge in [-0.3, -0.25) is 14.7 Å². The lowest BCUT2D eigenvalue weighted by Gasteiger charge is -2.34. The number of amides is 1. The van der Waals surface area contributed by atoms with Crippen LogP contribution in [0, 0.1) is 6.92 Å². The standard InChI is InChI=1S/C21H27N5O2/c1-15-6-5-7-18(24-15)17-13-26(12-16-10-22-20(28-2)23-11-16)14-21(17)9-4-3-8-19(27)25-21/h5-7,10-11,17H,3-4,8-9,12-14H2,1-2H3,(H,25,27)/t17-,21+/m0/s1. The summed E-state index contributed by atoms with van der Waals surface area (Å²) in [6, 6.07) is 6.54. The van der Waals surface area contributed by atoms with Crippen LogP contribution in [0.3, 0.4) is 0 Å². The molecule has 2 aromatic rings. The van der Waals surface area contributed by atoms with E-state index in [2.05, 4.69) is 32.3 Å². The zero-order chi connectivity index (χ0) is 19.6. The molecule has 148 valence electrons. The van der Waals surface area contributed by atoms with Crippen molar-refractivity contribution in [3.8, 4) is 6.01 Å². The van der Waals surface area contributed by atoms with Crippen molar-refractivity contribution in [2.24, 2.45) is 0 Å². The molecule has 1 spiro atoms. The number of nitrogens with one attached hydrogen (secondary N) is 1. The summed E-state index contributed by atoms with van der Waals surface area (Å²) in [5.41, 5.74) is 2.85. The first kappa shape index (κ1) is 18.8. The molecular weight excluding hydrogens is 354 g/mol. The van der Waals surface area contributed by atoms with E-state index in [1.807, 2.05) is 25.4 Å². The fraction of sp³-hybridized carbons (Fsp3) is 0.524. The smallest absolute Gasteiger partial charge is 0.316 e. The Morgan fingerprint density at radius 2 is 2.11 bits per heavy atom. The third-order valence-corrected chi connectivity index (χ3v) is 5.82. The van der Waals surface area contributed by atoms with Crippen molar-refractivity contribution in [3.63, 3.8) is 0 Å². The van der Waals surface area contributed by atoms with Gasteiger partial charge in [-0.2, -0.15) is 0 Å². The summed E-state index contributed by atoms with van der Waals surface area (Å²) in [7, 11) is 1.56. The van der Waals surface area contributed by atoms with Crippen LogP contribution < -0.4 is 10.1 Å². The molecule has 2 aliphatic rings. The molecule has 2 fully saturated rings. The van der Waals surface area contributed by atoms with Crippen LogP contribution in [0.5, 0.6) is 6.01 Å². The van der Waals surface area contributed by atoms with E-state index < -0.39 is 0 Å². The Morgan fingerprint density at radius 3 is 2.86 bits per heavy atom. The van der Waals surface area contributed by atoms with Crippen LogP contribution in [-0.4, -0.2) is 51.5 Å². The number of methoxy groups -OCH3 is 1. The van der Waals surface area contributed by atoms with Crippen molar-refractivity contribution in [2.75, 3.05) is 20.2 Å². The number of likely N-dealkylation sites (tertiary alicyclic amines) is 1. The summed E-state index contributed by atoms with van der Waals surface area (Å²) in [4.78, 5) is 28.1. The second-order valence-electron chi connectivity index (χ2n) is 7.92. The Kier molecular flexibility index (Phi) is 5.26. The molecule has 1 amide bonds. The van der Waals surface area contributed by atoms with E-state index in [-0.39, 0.29) is 17.4 Å². The molecule has 2 saturated heterocycles. The zero-order valence-electron chi connectivity index (χ0n) is 16.5. The average Bonchev–Trinajstić information content (AvgIpc) is 2.91. The Morgan fingerprint density at radius 1 is 1.29 bits per heavy atom. The summed E-state index contributed by atoms with van der Waals surface area (Å²) in [5, 5.41) is 3.38. The van der Waals surface area contributed by atoms with E-state index >= 15 is 0 Å². The molecular formula is C21H27N5O2. The number of carbonyl (C=O) groups is 1. The normalized spacial score (nSPS) is 25.5. The third kappa shape index (κ3) is 3.85. The monoisotopic (exact) mass is 381 g/mol. The Bertz CT molecular complexity index is 841. The van der Waals surface area contributed by atoms with Gasteiger partial charge in [-0.1, -0.05) is 12.5 Å². The molecule has 7 nitrogen and oxygen atoms in total. The van der Waals surface area contributed by atoms with Crippen molar-refractivity contribution in [1.29, 1.82) is 0 Å². The molecule has 0 radical (unpaired) electrons. The molecule has 0 unspecified atom stereocenters. The highest BCUT2D eigenvalue weighted by atomic mass is 16.5. The Labute approximate surface area is 165 Å². The lowest BCUT2D eigenvalue weighted by atomic mass is 9.81. The Hall–Kier alpha value is -2.54. The van der Waals surface area contributed by atoms with E-state index in [1.165, 1.54) is 0 Å². The van der Waals surface area contributed by atoms with Crippen LogP contribution >= 0.6 is 0 Å². The van der Waals surface area contributed by atoms with Gasteiger partial charge < -0.3 is 10.1 Å². The van der Waals surface area contributed by atoms with Crippen molar-refractivity contribution >= 4 is 5.91 Å². The van der Waals surface area contributed by atoms with Gasteiger partial charge in [0.05, 0.1) is 12.6 Å². The highest BCUT2D eigenvalue weighted by molar-refractivity contribution is 5.77. The lowest BCUT2D eigenvalue weighted by molar-refractivity contribution is -0.122. The lowest BCUT2D eigenvalue weighted by Crippen LogP contribution is -2.52. The maximum Gasteiger partial charge on any atom is 0.316 e. The molecule has 28 heavy (non-hydrogen) atoms. The minimum Gasteiger partial charge on any atom is -0.467 e. The molecule has 0 aliphatic carbocycles. The summed E-state index contributed by atoms with van der Waals surface area (Å²) in [6.45, 7) is 4.42. The van der Waals surface area contributed by atoms with Crippen LogP contribution in [0.2, 0.25) is 0 Å². The van der Waals surface area contributed by atoms with Crippen LogP contribution in [-0.2, 0) is 11.3 Å². The summed E-state index contributed by atoms with van der Waals surface area (Å²) in [5.74, 6) is 0.332. The van der Waals surface area contributed by atoms with Gasteiger partial charge in [-0.05, 0) is 31.9 Å². The summed E-state index contributed by atoms with van der Waals surface area (Å²) < 4.78 is 5.05. The van der Waals surface area contributed by atoms with E-state index in [4.69, 9.17) is 9.72 Å². The Balaban J connectivity index is 1.61. The minimum atomic E-state index is -0.262. The first-order valence-electron chi connectivity index (χ1n) is 9.90. The topological polar surface area (TPSA) is 80.2 Å². The van der Waals surface area contributed by atoms with Gasteiger partial charge in [0.15, 0.2) is 0 Å². The number of nitrogens with zero attached hydrogens (tertiary/aromatic N) is 4. The molecule has 1 N–H and O–H groups in total. The number of ether oxygens (including phenoxy) is 1. The van der Waals surface area contributed by atoms with Gasteiger partial charge in [0.2, 0.25) is 5.91 Å². The predicted octanol–water partition coefficient (Wildman–Crippen LogP) is 2.22. The van der Waals surface area contributed by atoms with E-state index in [0.717, 1.165) is 55.8 Å². The summed E-state index contributed by atoms with van der Waals surface area (Å²) in [6.07, 6.45) is 7.22. The maximum absolute atomic E-state index is 12.4. The zero-order valence-corrected chi connectivity index (χ0v) is 16.5. The number of hydrogen-bond donors (Lipinski definition) is 1. The highest BCUT2D eigenvalue weighted by Gasteiger charge is 2.49. The number of pyridine rings is 1.